The fraction of sp³-hybridized carbons (Fsp3) is 0.500. The molecule has 0 amide bonds. The molecule has 0 aliphatic carbocycles. The molecule has 0 radical (unpaired) electrons. The molecule has 2 heterocycles. The first-order valence-corrected chi connectivity index (χ1v) is 6.64. The maximum Gasteiger partial charge on any atom is 0.138 e. The predicted molar refractivity (Wildman–Crippen MR) is 71.4 cm³/mol. The normalized spacial score (nSPS) is 14.8. The van der Waals surface area contributed by atoms with Crippen LogP contribution in [0.25, 0.3) is 10.2 Å². The minimum atomic E-state index is -0.127. The average molecular weight is 251 g/mol. The van der Waals surface area contributed by atoms with Gasteiger partial charge in [0.05, 0.1) is 5.39 Å². The third kappa shape index (κ3) is 2.56. The molecule has 0 aromatic carbocycles. The number of thiophene rings is 1. The maximum atomic E-state index is 9.11. The molecule has 0 spiro atoms. The Morgan fingerprint density at radius 1 is 1.47 bits per heavy atom. The van der Waals surface area contributed by atoms with Crippen molar-refractivity contribution >= 4 is 27.4 Å². The summed E-state index contributed by atoms with van der Waals surface area (Å²) in [5.74, 6) is 0.856. The third-order valence-corrected chi connectivity index (χ3v) is 3.95. The predicted octanol–water partition coefficient (Wildman–Crippen LogP) is 2.65. The van der Waals surface area contributed by atoms with Crippen LogP contribution in [-0.2, 0) is 0 Å². The summed E-state index contributed by atoms with van der Waals surface area (Å²) < 4.78 is 0. The second-order valence-electron chi connectivity index (χ2n) is 4.37. The molecule has 2 rings (SSSR count). The van der Waals surface area contributed by atoms with Crippen LogP contribution in [0.5, 0.6) is 0 Å². The molecular formula is C12H17N3OS. The Morgan fingerprint density at radius 3 is 3.00 bits per heavy atom. The summed E-state index contributed by atoms with van der Waals surface area (Å²) in [6, 6.07) is 2.03. The number of nitrogens with zero attached hydrogens (tertiary/aromatic N) is 2. The molecular weight excluding hydrogens is 234 g/mol. The molecule has 0 aliphatic heterocycles. The molecule has 0 saturated carbocycles. The van der Waals surface area contributed by atoms with Gasteiger partial charge in [-0.3, -0.25) is 0 Å². The third-order valence-electron chi connectivity index (χ3n) is 3.13. The van der Waals surface area contributed by atoms with Gasteiger partial charge in [-0.1, -0.05) is 6.92 Å². The molecule has 2 aromatic rings. The summed E-state index contributed by atoms with van der Waals surface area (Å²) in [4.78, 5) is 9.51. The second-order valence-corrected chi connectivity index (χ2v) is 5.27. The number of aliphatic hydroxyl groups is 1. The quantitative estimate of drug-likeness (QED) is 0.857. The van der Waals surface area contributed by atoms with E-state index in [-0.39, 0.29) is 12.1 Å². The van der Waals surface area contributed by atoms with Gasteiger partial charge in [-0.25, -0.2) is 9.97 Å². The van der Waals surface area contributed by atoms with Crippen LogP contribution in [0.1, 0.15) is 26.7 Å². The smallest absolute Gasteiger partial charge is 0.138 e. The van der Waals surface area contributed by atoms with Gasteiger partial charge in [0.1, 0.15) is 17.0 Å². The number of hydrogen-bond acceptors (Lipinski definition) is 5. The molecule has 0 fully saturated rings. The van der Waals surface area contributed by atoms with E-state index in [9.17, 15) is 0 Å². The number of aliphatic hydroxyl groups excluding tert-OH is 1. The summed E-state index contributed by atoms with van der Waals surface area (Å²) in [7, 11) is 0. The Labute approximate surface area is 105 Å². The molecule has 5 heteroatoms. The van der Waals surface area contributed by atoms with Crippen LogP contribution in [0.2, 0.25) is 0 Å². The van der Waals surface area contributed by atoms with E-state index < -0.39 is 0 Å². The van der Waals surface area contributed by atoms with Crippen molar-refractivity contribution in [3.63, 3.8) is 0 Å². The van der Waals surface area contributed by atoms with Gasteiger partial charge in [-0.2, -0.15) is 0 Å². The number of rotatable bonds is 5. The van der Waals surface area contributed by atoms with Gasteiger partial charge in [0.15, 0.2) is 0 Å². The van der Waals surface area contributed by atoms with E-state index in [1.807, 2.05) is 11.4 Å². The highest BCUT2D eigenvalue weighted by molar-refractivity contribution is 7.16. The van der Waals surface area contributed by atoms with Gasteiger partial charge in [0, 0.05) is 12.1 Å². The number of hydrogen-bond donors (Lipinski definition) is 2. The summed E-state index contributed by atoms with van der Waals surface area (Å²) in [5, 5.41) is 15.6. The standard InChI is InChI=1S/C12H17N3OS/c1-3-12(2,5-6-16)15-10-9-4-7-17-11(9)14-8-13-10/h4,7-8,16H,3,5-6H2,1-2H3,(H,13,14,15). The van der Waals surface area contributed by atoms with Crippen LogP contribution >= 0.6 is 11.3 Å². The van der Waals surface area contributed by atoms with E-state index in [0.29, 0.717) is 6.42 Å². The molecule has 0 aliphatic rings. The van der Waals surface area contributed by atoms with E-state index >= 15 is 0 Å². The molecule has 4 nitrogen and oxygen atoms in total. The highest BCUT2D eigenvalue weighted by Gasteiger charge is 2.22. The maximum absolute atomic E-state index is 9.11. The molecule has 92 valence electrons. The first kappa shape index (κ1) is 12.3. The largest absolute Gasteiger partial charge is 0.396 e. The molecule has 1 unspecified atom stereocenters. The Bertz CT molecular complexity index is 499. The molecule has 0 saturated heterocycles. The van der Waals surface area contributed by atoms with Crippen LogP contribution in [0, 0.1) is 0 Å². The Kier molecular flexibility index (Phi) is 3.59. The first-order valence-electron chi connectivity index (χ1n) is 5.76. The number of nitrogens with one attached hydrogen (secondary N) is 1. The summed E-state index contributed by atoms with van der Waals surface area (Å²) in [5.41, 5.74) is -0.127. The number of aromatic nitrogens is 2. The highest BCUT2D eigenvalue weighted by Crippen LogP contribution is 2.28. The minimum absolute atomic E-state index is 0.127. The van der Waals surface area contributed by atoms with Gasteiger partial charge in [-0.15, -0.1) is 11.3 Å². The number of fused-ring (bicyclic) bond motifs is 1. The van der Waals surface area contributed by atoms with E-state index in [2.05, 4.69) is 29.1 Å². The Balaban J connectivity index is 2.31. The molecule has 2 N–H and O–H groups in total. The van der Waals surface area contributed by atoms with Crippen molar-refractivity contribution in [2.45, 2.75) is 32.2 Å². The second kappa shape index (κ2) is 4.98. The fourth-order valence-electron chi connectivity index (χ4n) is 1.75. The topological polar surface area (TPSA) is 58.0 Å². The van der Waals surface area contributed by atoms with Crippen molar-refractivity contribution < 1.29 is 5.11 Å². The van der Waals surface area contributed by atoms with Crippen LogP contribution in [0.4, 0.5) is 5.82 Å². The molecule has 1 atom stereocenters. The molecule has 2 aromatic heterocycles. The zero-order valence-corrected chi connectivity index (χ0v) is 10.9. The fourth-order valence-corrected chi connectivity index (χ4v) is 2.48. The highest BCUT2D eigenvalue weighted by atomic mass is 32.1. The Hall–Kier alpha value is -1.20. The molecule has 17 heavy (non-hydrogen) atoms. The Morgan fingerprint density at radius 2 is 2.29 bits per heavy atom. The lowest BCUT2D eigenvalue weighted by Gasteiger charge is -2.29. The van der Waals surface area contributed by atoms with E-state index in [0.717, 1.165) is 22.5 Å². The van der Waals surface area contributed by atoms with Crippen LogP contribution in [-0.4, -0.2) is 27.2 Å². The summed E-state index contributed by atoms with van der Waals surface area (Å²) in [6.45, 7) is 4.38. The van der Waals surface area contributed by atoms with Crippen LogP contribution < -0.4 is 5.32 Å². The first-order chi connectivity index (χ1) is 8.18. The average Bonchev–Trinajstić information content (AvgIpc) is 2.78. The van der Waals surface area contributed by atoms with E-state index in [4.69, 9.17) is 5.11 Å². The SMILES string of the molecule is CCC(C)(CCO)Nc1ncnc2sccc12. The lowest BCUT2D eigenvalue weighted by molar-refractivity contribution is 0.252. The van der Waals surface area contributed by atoms with Crippen molar-refractivity contribution in [1.29, 1.82) is 0 Å². The van der Waals surface area contributed by atoms with Crippen molar-refractivity contribution in [2.24, 2.45) is 0 Å². The van der Waals surface area contributed by atoms with Gasteiger partial charge in [-0.05, 0) is 31.2 Å². The summed E-state index contributed by atoms with van der Waals surface area (Å²) >= 11 is 1.61. The summed E-state index contributed by atoms with van der Waals surface area (Å²) in [6.07, 6.45) is 3.22. The van der Waals surface area contributed by atoms with Crippen LogP contribution in [0.15, 0.2) is 17.8 Å². The van der Waals surface area contributed by atoms with Crippen LogP contribution in [0.3, 0.4) is 0 Å². The van der Waals surface area contributed by atoms with Crippen molar-refractivity contribution in [3.05, 3.63) is 17.8 Å². The van der Waals surface area contributed by atoms with Gasteiger partial charge < -0.3 is 10.4 Å². The number of anilines is 1. The van der Waals surface area contributed by atoms with E-state index in [1.165, 1.54) is 0 Å². The monoisotopic (exact) mass is 251 g/mol. The van der Waals surface area contributed by atoms with Crippen molar-refractivity contribution in [3.8, 4) is 0 Å². The van der Waals surface area contributed by atoms with Gasteiger partial charge in [0.25, 0.3) is 0 Å². The lowest BCUT2D eigenvalue weighted by atomic mass is 9.95. The van der Waals surface area contributed by atoms with Crippen molar-refractivity contribution in [2.75, 3.05) is 11.9 Å². The lowest BCUT2D eigenvalue weighted by Crippen LogP contribution is -2.35. The van der Waals surface area contributed by atoms with Gasteiger partial charge >= 0.3 is 0 Å². The minimum Gasteiger partial charge on any atom is -0.396 e. The zero-order chi connectivity index (χ0) is 12.3. The molecule has 0 bridgehead atoms. The zero-order valence-electron chi connectivity index (χ0n) is 10.1. The van der Waals surface area contributed by atoms with Gasteiger partial charge in [0.2, 0.25) is 0 Å². The van der Waals surface area contributed by atoms with E-state index in [1.54, 1.807) is 17.7 Å². The van der Waals surface area contributed by atoms with Crippen molar-refractivity contribution in [1.82, 2.24) is 9.97 Å².